The van der Waals surface area contributed by atoms with Crippen LogP contribution in [-0.4, -0.2) is 15.6 Å². The number of aryl methyl sites for hydroxylation is 1. The molecule has 0 aliphatic rings. The predicted octanol–water partition coefficient (Wildman–Crippen LogP) is 3.65. The normalized spacial score (nSPS) is 12.7. The van der Waals surface area contributed by atoms with Gasteiger partial charge in [0.1, 0.15) is 0 Å². The summed E-state index contributed by atoms with van der Waals surface area (Å²) in [6.45, 7) is 11.2. The van der Waals surface area contributed by atoms with Gasteiger partial charge in [0.15, 0.2) is 5.78 Å². The van der Waals surface area contributed by atoms with Crippen LogP contribution in [0.4, 0.5) is 0 Å². The highest BCUT2D eigenvalue weighted by Gasteiger charge is 2.19. The van der Waals surface area contributed by atoms with Gasteiger partial charge < -0.3 is 0 Å². The summed E-state index contributed by atoms with van der Waals surface area (Å²) in [6, 6.07) is 0. The van der Waals surface area contributed by atoms with Crippen molar-refractivity contribution in [3.8, 4) is 0 Å². The Hall–Kier alpha value is -1.12. The molecule has 0 aliphatic carbocycles. The van der Waals surface area contributed by atoms with Crippen LogP contribution in [0.2, 0.25) is 0 Å². The minimum absolute atomic E-state index is 0.151. The van der Waals surface area contributed by atoms with Crippen LogP contribution >= 0.6 is 0 Å². The highest BCUT2D eigenvalue weighted by atomic mass is 16.1. The van der Waals surface area contributed by atoms with Crippen molar-refractivity contribution < 1.29 is 4.79 Å². The Bertz CT molecular complexity index is 407. The van der Waals surface area contributed by atoms with Crippen LogP contribution < -0.4 is 0 Å². The van der Waals surface area contributed by atoms with Gasteiger partial charge in [-0.25, -0.2) is 0 Å². The molecule has 1 aromatic rings. The quantitative estimate of drug-likeness (QED) is 0.692. The Balaban J connectivity index is 3.08. The fourth-order valence-corrected chi connectivity index (χ4v) is 2.60. The number of carbonyl (C=O) groups is 1. The number of rotatable bonds is 7. The first kappa shape index (κ1) is 14.9. The second-order valence-electron chi connectivity index (χ2n) is 5.11. The molecule has 0 aliphatic heterocycles. The number of ketones is 1. The van der Waals surface area contributed by atoms with Crippen molar-refractivity contribution in [2.45, 2.75) is 66.8 Å². The first-order chi connectivity index (χ1) is 8.54. The van der Waals surface area contributed by atoms with Crippen LogP contribution in [0.15, 0.2) is 0 Å². The molecule has 3 heteroatoms. The molecule has 0 fully saturated rings. The van der Waals surface area contributed by atoms with Crippen molar-refractivity contribution in [1.29, 1.82) is 0 Å². The number of aromatic nitrogens is 2. The Kier molecular flexibility index (Phi) is 5.57. The summed E-state index contributed by atoms with van der Waals surface area (Å²) in [5, 5.41) is 4.64. The maximum Gasteiger partial charge on any atom is 0.163 e. The molecule has 0 radical (unpaired) electrons. The molecule has 3 nitrogen and oxygen atoms in total. The summed E-state index contributed by atoms with van der Waals surface area (Å²) >= 11 is 0. The van der Waals surface area contributed by atoms with E-state index in [0.717, 1.165) is 36.3 Å². The Labute approximate surface area is 111 Å². The van der Waals surface area contributed by atoms with Gasteiger partial charge in [0.2, 0.25) is 0 Å². The maximum absolute atomic E-state index is 11.8. The van der Waals surface area contributed by atoms with Crippen LogP contribution in [-0.2, 0) is 19.4 Å². The lowest BCUT2D eigenvalue weighted by Gasteiger charge is -2.12. The third-order valence-corrected chi connectivity index (χ3v) is 3.42. The lowest BCUT2D eigenvalue weighted by Crippen LogP contribution is -2.12. The van der Waals surface area contributed by atoms with Gasteiger partial charge in [-0.1, -0.05) is 34.1 Å². The van der Waals surface area contributed by atoms with E-state index in [4.69, 9.17) is 0 Å². The van der Waals surface area contributed by atoms with Crippen LogP contribution in [0, 0.1) is 5.92 Å². The van der Waals surface area contributed by atoms with E-state index in [1.807, 2.05) is 0 Å². The average molecular weight is 250 g/mol. The largest absolute Gasteiger partial charge is 0.294 e. The molecule has 18 heavy (non-hydrogen) atoms. The Morgan fingerprint density at radius 1 is 1.28 bits per heavy atom. The number of hydrogen-bond donors (Lipinski definition) is 0. The zero-order chi connectivity index (χ0) is 13.7. The van der Waals surface area contributed by atoms with Crippen molar-refractivity contribution in [3.63, 3.8) is 0 Å². The molecule has 0 N–H and O–H groups in total. The first-order valence-electron chi connectivity index (χ1n) is 7.14. The smallest absolute Gasteiger partial charge is 0.163 e. The standard InChI is InChI=1S/C15H26N2O/c1-6-9-11(4)10-17-14(8-3)15(12(5)18)13(7-2)16-17/h11H,6-10H2,1-5H3. The lowest BCUT2D eigenvalue weighted by atomic mass is 10.0. The number of hydrogen-bond acceptors (Lipinski definition) is 2. The van der Waals surface area contributed by atoms with Gasteiger partial charge >= 0.3 is 0 Å². The van der Waals surface area contributed by atoms with Gasteiger partial charge in [0, 0.05) is 12.2 Å². The Morgan fingerprint density at radius 3 is 2.39 bits per heavy atom. The van der Waals surface area contributed by atoms with Crippen molar-refractivity contribution >= 4 is 5.78 Å². The second-order valence-corrected chi connectivity index (χ2v) is 5.11. The SMILES string of the molecule is CCCC(C)Cn1nc(CC)c(C(C)=O)c1CC. The molecule has 1 atom stereocenters. The lowest BCUT2D eigenvalue weighted by molar-refractivity contribution is 0.101. The van der Waals surface area contributed by atoms with E-state index in [9.17, 15) is 4.79 Å². The van der Waals surface area contributed by atoms with E-state index >= 15 is 0 Å². The third kappa shape index (κ3) is 3.21. The monoisotopic (exact) mass is 250 g/mol. The van der Waals surface area contributed by atoms with Gasteiger partial charge in [0.25, 0.3) is 0 Å². The van der Waals surface area contributed by atoms with E-state index in [0.29, 0.717) is 5.92 Å². The zero-order valence-corrected chi connectivity index (χ0v) is 12.4. The van der Waals surface area contributed by atoms with Crippen LogP contribution in [0.1, 0.15) is 69.2 Å². The highest BCUT2D eigenvalue weighted by molar-refractivity contribution is 5.96. The number of nitrogens with zero attached hydrogens (tertiary/aromatic N) is 2. The van der Waals surface area contributed by atoms with Gasteiger partial charge in [-0.2, -0.15) is 5.10 Å². The van der Waals surface area contributed by atoms with E-state index < -0.39 is 0 Å². The van der Waals surface area contributed by atoms with Gasteiger partial charge in [-0.15, -0.1) is 0 Å². The Morgan fingerprint density at radius 2 is 1.94 bits per heavy atom. The zero-order valence-electron chi connectivity index (χ0n) is 12.4. The molecule has 0 amide bonds. The minimum Gasteiger partial charge on any atom is -0.294 e. The molecule has 1 aromatic heterocycles. The van der Waals surface area contributed by atoms with Crippen molar-refractivity contribution in [2.75, 3.05) is 0 Å². The van der Waals surface area contributed by atoms with Crippen LogP contribution in [0.5, 0.6) is 0 Å². The van der Waals surface area contributed by atoms with Crippen LogP contribution in [0.25, 0.3) is 0 Å². The minimum atomic E-state index is 0.151. The number of Topliss-reactive ketones (excluding diaryl/α,β-unsaturated/α-hetero) is 1. The van der Waals surface area contributed by atoms with E-state index in [-0.39, 0.29) is 5.78 Å². The predicted molar refractivity (Wildman–Crippen MR) is 75.1 cm³/mol. The second kappa shape index (κ2) is 6.72. The maximum atomic E-state index is 11.8. The molecule has 1 heterocycles. The van der Waals surface area contributed by atoms with Gasteiger partial charge in [-0.05, 0) is 32.1 Å². The molecule has 0 bridgehead atoms. The molecule has 1 rings (SSSR count). The molecular weight excluding hydrogens is 224 g/mol. The fourth-order valence-electron chi connectivity index (χ4n) is 2.60. The summed E-state index contributed by atoms with van der Waals surface area (Å²) in [5.74, 6) is 0.766. The molecule has 1 unspecified atom stereocenters. The first-order valence-corrected chi connectivity index (χ1v) is 7.14. The molecule has 0 aromatic carbocycles. The van der Waals surface area contributed by atoms with E-state index in [1.54, 1.807) is 6.92 Å². The highest BCUT2D eigenvalue weighted by Crippen LogP contribution is 2.19. The topological polar surface area (TPSA) is 34.9 Å². The summed E-state index contributed by atoms with van der Waals surface area (Å²) in [7, 11) is 0. The van der Waals surface area contributed by atoms with Crippen molar-refractivity contribution in [1.82, 2.24) is 9.78 Å². The van der Waals surface area contributed by atoms with Crippen LogP contribution in [0.3, 0.4) is 0 Å². The van der Waals surface area contributed by atoms with E-state index in [2.05, 4.69) is 37.5 Å². The van der Waals surface area contributed by atoms with Gasteiger partial charge in [0.05, 0.1) is 11.3 Å². The molecular formula is C15H26N2O. The molecule has 102 valence electrons. The summed E-state index contributed by atoms with van der Waals surface area (Å²) in [6.07, 6.45) is 4.11. The number of carbonyl (C=O) groups excluding carboxylic acids is 1. The molecule has 0 saturated heterocycles. The summed E-state index contributed by atoms with van der Waals surface area (Å²) in [5.41, 5.74) is 2.94. The van der Waals surface area contributed by atoms with Crippen molar-refractivity contribution in [2.24, 2.45) is 5.92 Å². The van der Waals surface area contributed by atoms with E-state index in [1.165, 1.54) is 12.8 Å². The fraction of sp³-hybridized carbons (Fsp3) is 0.733. The average Bonchev–Trinajstić information content (AvgIpc) is 2.66. The molecule has 0 saturated carbocycles. The summed E-state index contributed by atoms with van der Waals surface area (Å²) in [4.78, 5) is 11.8. The summed E-state index contributed by atoms with van der Waals surface area (Å²) < 4.78 is 2.07. The van der Waals surface area contributed by atoms with Gasteiger partial charge in [-0.3, -0.25) is 9.48 Å². The van der Waals surface area contributed by atoms with Crippen molar-refractivity contribution in [3.05, 3.63) is 17.0 Å². The third-order valence-electron chi connectivity index (χ3n) is 3.42. The molecule has 0 spiro atoms.